The Kier molecular flexibility index (Phi) is 3.51. The lowest BCUT2D eigenvalue weighted by molar-refractivity contribution is 0.315. The Morgan fingerprint density at radius 1 is 1.12 bits per heavy atom. The van der Waals surface area contributed by atoms with E-state index in [0.29, 0.717) is 5.92 Å². The molecule has 4 nitrogen and oxygen atoms in total. The summed E-state index contributed by atoms with van der Waals surface area (Å²) in [6.45, 7) is 4.62. The molecule has 0 N–H and O–H groups in total. The van der Waals surface area contributed by atoms with Crippen LogP contribution in [0.2, 0.25) is 0 Å². The van der Waals surface area contributed by atoms with Crippen molar-refractivity contribution in [2.75, 3.05) is 18.0 Å². The van der Waals surface area contributed by atoms with E-state index in [9.17, 15) is 0 Å². The maximum Gasteiger partial charge on any atom is 0.113 e. The van der Waals surface area contributed by atoms with Crippen molar-refractivity contribution in [1.29, 1.82) is 0 Å². The van der Waals surface area contributed by atoms with Gasteiger partial charge in [-0.25, -0.2) is 4.68 Å². The molecular formula is C21H24N4. The molecule has 0 saturated carbocycles. The number of para-hydroxylation sites is 2. The Labute approximate surface area is 148 Å². The number of hydrogen-bond acceptors (Lipinski definition) is 3. The van der Waals surface area contributed by atoms with Crippen molar-refractivity contribution in [1.82, 2.24) is 15.0 Å². The van der Waals surface area contributed by atoms with Gasteiger partial charge in [0.05, 0.1) is 11.6 Å². The fourth-order valence-corrected chi connectivity index (χ4v) is 4.87. The van der Waals surface area contributed by atoms with E-state index in [2.05, 4.69) is 63.2 Å². The smallest absolute Gasteiger partial charge is 0.113 e. The van der Waals surface area contributed by atoms with Crippen LogP contribution in [0.25, 0.3) is 11.0 Å². The summed E-state index contributed by atoms with van der Waals surface area (Å²) in [5.74, 6) is 0.580. The Morgan fingerprint density at radius 2 is 2.04 bits per heavy atom. The monoisotopic (exact) mass is 332 g/mol. The number of nitrogens with zero attached hydrogens (tertiary/aromatic N) is 4. The second-order valence-corrected chi connectivity index (χ2v) is 7.42. The minimum absolute atomic E-state index is 0.289. The molecule has 4 heteroatoms. The van der Waals surface area contributed by atoms with Crippen LogP contribution in [-0.2, 0) is 6.42 Å². The van der Waals surface area contributed by atoms with Crippen LogP contribution in [0.3, 0.4) is 0 Å². The molecule has 0 unspecified atom stereocenters. The van der Waals surface area contributed by atoms with Gasteiger partial charge in [-0.2, -0.15) is 0 Å². The zero-order chi connectivity index (χ0) is 16.8. The Hall–Kier alpha value is -2.36. The van der Waals surface area contributed by atoms with E-state index in [-0.39, 0.29) is 6.04 Å². The highest BCUT2D eigenvalue weighted by Gasteiger charge is 2.37. The highest BCUT2D eigenvalue weighted by Crippen LogP contribution is 2.45. The van der Waals surface area contributed by atoms with Gasteiger partial charge in [0, 0.05) is 30.3 Å². The van der Waals surface area contributed by atoms with Gasteiger partial charge >= 0.3 is 0 Å². The van der Waals surface area contributed by atoms with Crippen molar-refractivity contribution in [3.8, 4) is 0 Å². The molecule has 3 aromatic rings. The zero-order valence-electron chi connectivity index (χ0n) is 14.7. The van der Waals surface area contributed by atoms with Gasteiger partial charge in [-0.1, -0.05) is 48.9 Å². The molecule has 2 atom stereocenters. The van der Waals surface area contributed by atoms with E-state index >= 15 is 0 Å². The number of anilines is 1. The first kappa shape index (κ1) is 14.9. The van der Waals surface area contributed by atoms with Crippen LogP contribution in [-0.4, -0.2) is 28.1 Å². The van der Waals surface area contributed by atoms with Crippen molar-refractivity contribution < 1.29 is 0 Å². The Balaban J connectivity index is 1.72. The molecule has 3 heterocycles. The van der Waals surface area contributed by atoms with E-state index < -0.39 is 0 Å². The van der Waals surface area contributed by atoms with Gasteiger partial charge in [0.15, 0.2) is 0 Å². The molecule has 0 bridgehead atoms. The molecule has 128 valence electrons. The molecule has 2 aliphatic rings. The minimum Gasteiger partial charge on any atom is -0.371 e. The normalized spacial score (nSPS) is 22.2. The number of hydrogen-bond donors (Lipinski definition) is 0. The molecule has 2 aliphatic heterocycles. The molecule has 2 aromatic carbocycles. The molecular weight excluding hydrogens is 308 g/mol. The molecule has 0 fully saturated rings. The fraction of sp³-hybridized carbons (Fsp3) is 0.429. The van der Waals surface area contributed by atoms with Crippen molar-refractivity contribution >= 4 is 16.7 Å². The van der Waals surface area contributed by atoms with Crippen molar-refractivity contribution in [3.05, 3.63) is 53.6 Å². The van der Waals surface area contributed by atoms with Crippen LogP contribution in [0.4, 0.5) is 5.69 Å². The van der Waals surface area contributed by atoms with Gasteiger partial charge in [0.2, 0.25) is 0 Å². The van der Waals surface area contributed by atoms with Gasteiger partial charge in [-0.15, -0.1) is 5.10 Å². The summed E-state index contributed by atoms with van der Waals surface area (Å²) in [6.07, 6.45) is 4.89. The van der Waals surface area contributed by atoms with E-state index in [0.717, 1.165) is 17.6 Å². The lowest BCUT2D eigenvalue weighted by Crippen LogP contribution is -2.43. The molecule has 5 rings (SSSR count). The van der Waals surface area contributed by atoms with E-state index in [1.165, 1.54) is 49.0 Å². The third-order valence-corrected chi connectivity index (χ3v) is 5.86. The summed E-state index contributed by atoms with van der Waals surface area (Å²) in [6, 6.07) is 15.5. The second-order valence-electron chi connectivity index (χ2n) is 7.42. The van der Waals surface area contributed by atoms with Crippen LogP contribution in [0.15, 0.2) is 42.5 Å². The van der Waals surface area contributed by atoms with Gasteiger partial charge in [0.25, 0.3) is 0 Å². The van der Waals surface area contributed by atoms with Crippen molar-refractivity contribution in [2.24, 2.45) is 5.92 Å². The third-order valence-electron chi connectivity index (χ3n) is 5.86. The topological polar surface area (TPSA) is 34.0 Å². The summed E-state index contributed by atoms with van der Waals surface area (Å²) in [4.78, 5) is 2.63. The van der Waals surface area contributed by atoms with Crippen molar-refractivity contribution in [3.63, 3.8) is 0 Å². The first-order valence-corrected chi connectivity index (χ1v) is 9.53. The van der Waals surface area contributed by atoms with Crippen LogP contribution in [0, 0.1) is 5.92 Å². The molecule has 0 amide bonds. The highest BCUT2D eigenvalue weighted by molar-refractivity contribution is 5.75. The third kappa shape index (κ3) is 2.27. The van der Waals surface area contributed by atoms with Crippen molar-refractivity contribution in [2.45, 2.75) is 38.6 Å². The summed E-state index contributed by atoms with van der Waals surface area (Å²) in [5.41, 5.74) is 6.57. The van der Waals surface area contributed by atoms with Gasteiger partial charge in [-0.05, 0) is 37.0 Å². The number of benzene rings is 2. The number of aromatic nitrogens is 3. The zero-order valence-corrected chi connectivity index (χ0v) is 14.7. The SMILES string of the molecule is CCC[C@@H]1CN2CCCc3cccc(c32)[C@H]1n1nnc2ccccc21. The average Bonchev–Trinajstić information content (AvgIpc) is 3.06. The lowest BCUT2D eigenvalue weighted by atomic mass is 9.81. The maximum absolute atomic E-state index is 4.60. The van der Waals surface area contributed by atoms with Gasteiger partial charge < -0.3 is 4.90 Å². The van der Waals surface area contributed by atoms with E-state index in [1.54, 1.807) is 0 Å². The average molecular weight is 332 g/mol. The van der Waals surface area contributed by atoms with Crippen LogP contribution < -0.4 is 4.90 Å². The molecule has 0 saturated heterocycles. The molecule has 0 spiro atoms. The predicted molar refractivity (Wildman–Crippen MR) is 101 cm³/mol. The summed E-state index contributed by atoms with van der Waals surface area (Å²) < 4.78 is 2.19. The highest BCUT2D eigenvalue weighted by atomic mass is 15.4. The molecule has 1 aromatic heterocycles. The molecule has 0 radical (unpaired) electrons. The number of rotatable bonds is 3. The van der Waals surface area contributed by atoms with E-state index in [4.69, 9.17) is 0 Å². The largest absolute Gasteiger partial charge is 0.371 e. The predicted octanol–water partition coefficient (Wildman–Crippen LogP) is 4.20. The molecule has 0 aliphatic carbocycles. The summed E-state index contributed by atoms with van der Waals surface area (Å²) >= 11 is 0. The Bertz CT molecular complexity index is 913. The lowest BCUT2D eigenvalue weighted by Gasteiger charge is -2.44. The van der Waals surface area contributed by atoms with Crippen LogP contribution >= 0.6 is 0 Å². The van der Waals surface area contributed by atoms with Gasteiger partial charge in [0.1, 0.15) is 5.52 Å². The summed E-state index contributed by atoms with van der Waals surface area (Å²) in [7, 11) is 0. The number of fused-ring (bicyclic) bond motifs is 1. The maximum atomic E-state index is 4.60. The first-order valence-electron chi connectivity index (χ1n) is 9.53. The van der Waals surface area contributed by atoms with E-state index in [1.807, 2.05) is 6.07 Å². The van der Waals surface area contributed by atoms with Crippen LogP contribution in [0.5, 0.6) is 0 Å². The Morgan fingerprint density at radius 3 is 2.96 bits per heavy atom. The standard InChI is InChI=1S/C21H24N4/c1-2-7-16-14-24-13-6-9-15-8-5-10-17(20(15)24)21(16)25-19-12-4-3-11-18(19)22-23-25/h3-5,8,10-12,16,21H,2,6-7,9,13-14H2,1H3/t16-,21+/m1/s1. The fourth-order valence-electron chi connectivity index (χ4n) is 4.87. The summed E-state index contributed by atoms with van der Waals surface area (Å²) in [5, 5.41) is 9.03. The van der Waals surface area contributed by atoms with Gasteiger partial charge in [-0.3, -0.25) is 0 Å². The quantitative estimate of drug-likeness (QED) is 0.721. The van der Waals surface area contributed by atoms with Crippen LogP contribution in [0.1, 0.15) is 43.4 Å². The molecule has 25 heavy (non-hydrogen) atoms. The second kappa shape index (κ2) is 5.87. The number of aryl methyl sites for hydroxylation is 1. The first-order chi connectivity index (χ1) is 12.4. The minimum atomic E-state index is 0.289.